The van der Waals surface area contributed by atoms with E-state index in [1.165, 1.54) is 16.1 Å². The van der Waals surface area contributed by atoms with E-state index in [2.05, 4.69) is 66.2 Å². The van der Waals surface area contributed by atoms with Crippen molar-refractivity contribution in [3.05, 3.63) is 60.2 Å². The Morgan fingerprint density at radius 1 is 1.00 bits per heavy atom. The fourth-order valence-corrected chi connectivity index (χ4v) is 2.19. The SMILES string of the molecule is CSc1cccc(NCCc2ccccc2)c1. The van der Waals surface area contributed by atoms with Gasteiger partial charge in [0.05, 0.1) is 0 Å². The molecule has 0 radical (unpaired) electrons. The van der Waals surface area contributed by atoms with Gasteiger partial charge in [0.25, 0.3) is 0 Å². The molecule has 0 saturated heterocycles. The van der Waals surface area contributed by atoms with Gasteiger partial charge in [0.1, 0.15) is 0 Å². The van der Waals surface area contributed by atoms with Gasteiger partial charge in [-0.15, -0.1) is 11.8 Å². The lowest BCUT2D eigenvalue weighted by atomic mass is 10.1. The van der Waals surface area contributed by atoms with Gasteiger partial charge in [0, 0.05) is 17.1 Å². The maximum Gasteiger partial charge on any atom is 0.0351 e. The Kier molecular flexibility index (Phi) is 4.51. The van der Waals surface area contributed by atoms with E-state index < -0.39 is 0 Å². The second-order valence-corrected chi connectivity index (χ2v) is 4.77. The van der Waals surface area contributed by atoms with E-state index >= 15 is 0 Å². The van der Waals surface area contributed by atoms with Crippen molar-refractivity contribution in [2.75, 3.05) is 18.1 Å². The molecule has 2 heteroatoms. The molecule has 2 aromatic rings. The summed E-state index contributed by atoms with van der Waals surface area (Å²) in [6.07, 6.45) is 3.16. The molecule has 0 fully saturated rings. The molecule has 17 heavy (non-hydrogen) atoms. The highest BCUT2D eigenvalue weighted by atomic mass is 32.2. The first-order valence-electron chi connectivity index (χ1n) is 5.80. The number of nitrogens with one attached hydrogen (secondary N) is 1. The average molecular weight is 243 g/mol. The van der Waals surface area contributed by atoms with Crippen molar-refractivity contribution in [1.29, 1.82) is 0 Å². The van der Waals surface area contributed by atoms with Crippen LogP contribution in [0.1, 0.15) is 5.56 Å². The van der Waals surface area contributed by atoms with Crippen LogP contribution in [0.5, 0.6) is 0 Å². The Balaban J connectivity index is 1.86. The Morgan fingerprint density at radius 3 is 2.59 bits per heavy atom. The molecule has 0 aliphatic rings. The van der Waals surface area contributed by atoms with Crippen molar-refractivity contribution < 1.29 is 0 Å². The molecular weight excluding hydrogens is 226 g/mol. The highest BCUT2D eigenvalue weighted by molar-refractivity contribution is 7.98. The van der Waals surface area contributed by atoms with Crippen LogP contribution in [0.15, 0.2) is 59.5 Å². The molecule has 88 valence electrons. The zero-order valence-corrected chi connectivity index (χ0v) is 10.8. The minimum atomic E-state index is 0.974. The molecule has 0 spiro atoms. The summed E-state index contributed by atoms with van der Waals surface area (Å²) in [4.78, 5) is 1.30. The van der Waals surface area contributed by atoms with Crippen LogP contribution in [-0.2, 0) is 6.42 Å². The summed E-state index contributed by atoms with van der Waals surface area (Å²) in [5.41, 5.74) is 2.58. The molecule has 0 amide bonds. The number of hydrogen-bond acceptors (Lipinski definition) is 2. The fraction of sp³-hybridized carbons (Fsp3) is 0.200. The Hall–Kier alpha value is -1.41. The van der Waals surface area contributed by atoms with Gasteiger partial charge >= 0.3 is 0 Å². The van der Waals surface area contributed by atoms with Crippen LogP contribution in [0.2, 0.25) is 0 Å². The number of rotatable bonds is 5. The number of anilines is 1. The lowest BCUT2D eigenvalue weighted by Crippen LogP contribution is -2.04. The first kappa shape index (κ1) is 12.1. The highest BCUT2D eigenvalue weighted by Gasteiger charge is 1.95. The zero-order valence-electron chi connectivity index (χ0n) is 10.0. The van der Waals surface area contributed by atoms with Gasteiger partial charge in [-0.3, -0.25) is 0 Å². The van der Waals surface area contributed by atoms with Crippen molar-refractivity contribution in [3.63, 3.8) is 0 Å². The quantitative estimate of drug-likeness (QED) is 0.795. The maximum atomic E-state index is 3.45. The molecule has 2 aromatic carbocycles. The van der Waals surface area contributed by atoms with Crippen molar-refractivity contribution in [2.24, 2.45) is 0 Å². The van der Waals surface area contributed by atoms with Crippen LogP contribution in [0.25, 0.3) is 0 Å². The number of thioether (sulfide) groups is 1. The molecule has 0 aromatic heterocycles. The van der Waals surface area contributed by atoms with E-state index in [-0.39, 0.29) is 0 Å². The van der Waals surface area contributed by atoms with E-state index in [9.17, 15) is 0 Å². The Bertz CT molecular complexity index is 453. The predicted molar refractivity (Wildman–Crippen MR) is 76.9 cm³/mol. The van der Waals surface area contributed by atoms with E-state index in [1.807, 2.05) is 0 Å². The van der Waals surface area contributed by atoms with E-state index in [0.29, 0.717) is 0 Å². The van der Waals surface area contributed by atoms with Crippen molar-refractivity contribution >= 4 is 17.4 Å². The second kappa shape index (κ2) is 6.36. The lowest BCUT2D eigenvalue weighted by molar-refractivity contribution is 1.02. The molecule has 0 aliphatic heterocycles. The Labute approximate surface area is 107 Å². The van der Waals surface area contributed by atoms with Crippen LogP contribution in [0.3, 0.4) is 0 Å². The van der Waals surface area contributed by atoms with E-state index in [0.717, 1.165) is 13.0 Å². The molecule has 0 unspecified atom stereocenters. The number of hydrogen-bond donors (Lipinski definition) is 1. The van der Waals surface area contributed by atoms with Gasteiger partial charge in [-0.1, -0.05) is 36.4 Å². The van der Waals surface area contributed by atoms with Crippen LogP contribution < -0.4 is 5.32 Å². The summed E-state index contributed by atoms with van der Waals surface area (Å²) in [7, 11) is 0. The summed E-state index contributed by atoms with van der Waals surface area (Å²) in [6.45, 7) is 0.974. The van der Waals surface area contributed by atoms with Crippen LogP contribution in [-0.4, -0.2) is 12.8 Å². The van der Waals surface area contributed by atoms with Gasteiger partial charge in [-0.2, -0.15) is 0 Å². The standard InChI is InChI=1S/C15H17NS/c1-17-15-9-5-8-14(12-15)16-11-10-13-6-3-2-4-7-13/h2-9,12,16H,10-11H2,1H3. The second-order valence-electron chi connectivity index (χ2n) is 3.89. The summed E-state index contributed by atoms with van der Waals surface area (Å²) < 4.78 is 0. The molecular formula is C15H17NS. The topological polar surface area (TPSA) is 12.0 Å². The van der Waals surface area contributed by atoms with Crippen molar-refractivity contribution in [1.82, 2.24) is 0 Å². The summed E-state index contributed by atoms with van der Waals surface area (Å²) in [5.74, 6) is 0. The van der Waals surface area contributed by atoms with Crippen LogP contribution >= 0.6 is 11.8 Å². The first-order chi connectivity index (χ1) is 8.38. The molecule has 1 nitrogen and oxygen atoms in total. The highest BCUT2D eigenvalue weighted by Crippen LogP contribution is 2.18. The largest absolute Gasteiger partial charge is 0.385 e. The molecule has 0 saturated carbocycles. The summed E-state index contributed by atoms with van der Waals surface area (Å²) in [6, 6.07) is 19.1. The predicted octanol–water partition coefficient (Wildman–Crippen LogP) is 4.06. The third-order valence-corrected chi connectivity index (χ3v) is 3.38. The molecule has 1 N–H and O–H groups in total. The maximum absolute atomic E-state index is 3.45. The normalized spacial score (nSPS) is 10.2. The van der Waals surface area contributed by atoms with Gasteiger partial charge in [0.15, 0.2) is 0 Å². The monoisotopic (exact) mass is 243 g/mol. The Morgan fingerprint density at radius 2 is 1.82 bits per heavy atom. The van der Waals surface area contributed by atoms with E-state index in [1.54, 1.807) is 11.8 Å². The van der Waals surface area contributed by atoms with Gasteiger partial charge < -0.3 is 5.32 Å². The first-order valence-corrected chi connectivity index (χ1v) is 7.03. The number of benzene rings is 2. The fourth-order valence-electron chi connectivity index (χ4n) is 1.73. The molecule has 2 rings (SSSR count). The minimum Gasteiger partial charge on any atom is -0.385 e. The summed E-state index contributed by atoms with van der Waals surface area (Å²) >= 11 is 1.77. The third-order valence-electron chi connectivity index (χ3n) is 2.66. The van der Waals surface area contributed by atoms with Gasteiger partial charge in [-0.25, -0.2) is 0 Å². The van der Waals surface area contributed by atoms with Gasteiger partial charge in [0.2, 0.25) is 0 Å². The average Bonchev–Trinajstić information content (AvgIpc) is 2.40. The molecule has 0 bridgehead atoms. The lowest BCUT2D eigenvalue weighted by Gasteiger charge is -2.07. The molecule has 0 heterocycles. The zero-order chi connectivity index (χ0) is 11.9. The van der Waals surface area contributed by atoms with Crippen LogP contribution in [0.4, 0.5) is 5.69 Å². The minimum absolute atomic E-state index is 0.974. The summed E-state index contributed by atoms with van der Waals surface area (Å²) in [5, 5.41) is 3.45. The van der Waals surface area contributed by atoms with Crippen molar-refractivity contribution in [3.8, 4) is 0 Å². The molecule has 0 aliphatic carbocycles. The van der Waals surface area contributed by atoms with E-state index in [4.69, 9.17) is 0 Å². The van der Waals surface area contributed by atoms with Crippen LogP contribution in [0, 0.1) is 0 Å². The van der Waals surface area contributed by atoms with Gasteiger partial charge in [-0.05, 0) is 36.4 Å². The smallest absolute Gasteiger partial charge is 0.0351 e. The third kappa shape index (κ3) is 3.82. The van der Waals surface area contributed by atoms with Crippen molar-refractivity contribution in [2.45, 2.75) is 11.3 Å². The molecule has 0 atom stereocenters.